The fourth-order valence-corrected chi connectivity index (χ4v) is 7.53. The summed E-state index contributed by atoms with van der Waals surface area (Å²) in [6, 6.07) is 7.33. The highest BCUT2D eigenvalue weighted by Crippen LogP contribution is 2.44. The molecule has 7 rings (SSSR count). The molecule has 3 aliphatic rings. The fraction of sp³-hybridized carbons (Fsp3) is 0.394. The monoisotopic (exact) mass is 588 g/mol. The van der Waals surface area contributed by atoms with Gasteiger partial charge in [-0.05, 0) is 93.3 Å². The number of nitrogens with zero attached hydrogens (tertiary/aromatic N) is 4. The van der Waals surface area contributed by atoms with Gasteiger partial charge in [0.15, 0.2) is 5.82 Å². The van der Waals surface area contributed by atoms with Crippen LogP contribution in [0.3, 0.4) is 0 Å². The van der Waals surface area contributed by atoms with Crippen LogP contribution in [0.5, 0.6) is 11.8 Å². The van der Waals surface area contributed by atoms with E-state index in [1.807, 2.05) is 0 Å². The molecule has 0 atom stereocenters. The number of fused-ring (bicyclic) bond motifs is 3. The molecule has 1 N–H and O–H groups in total. The Morgan fingerprint density at radius 1 is 1.00 bits per heavy atom. The zero-order valence-corrected chi connectivity index (χ0v) is 24.0. The van der Waals surface area contributed by atoms with Crippen molar-refractivity contribution in [1.29, 1.82) is 0 Å². The molecule has 0 radical (unpaired) electrons. The average molecular weight is 589 g/mol. The number of rotatable bonds is 5. The molecule has 0 saturated carbocycles. The summed E-state index contributed by atoms with van der Waals surface area (Å²) in [4.78, 5) is 14.1. The lowest BCUT2D eigenvalue weighted by Gasteiger charge is -2.32. The van der Waals surface area contributed by atoms with E-state index in [4.69, 9.17) is 27.7 Å². The Balaban J connectivity index is 1.42. The van der Waals surface area contributed by atoms with Gasteiger partial charge in [-0.2, -0.15) is 9.97 Å². The zero-order chi connectivity index (χ0) is 29.0. The first-order chi connectivity index (χ1) is 20.4. The molecule has 0 aliphatic carbocycles. The van der Waals surface area contributed by atoms with Crippen molar-refractivity contribution < 1.29 is 18.6 Å². The standard InChI is InChI=1S/C33H31ClF2N4O2/c1-2-22-26(35)9-8-20-16-21(41)17-23(27(20)22)28-25(34)18-24-30(29(28)36)37-32(38-31(24)39-12-4-3-5-13-39)42-19-33-10-6-14-40(33)15-7-11-33/h1,8-9,16-18,41H,3-7,10-15,19H2. The Morgan fingerprint density at radius 2 is 1.76 bits per heavy atom. The summed E-state index contributed by atoms with van der Waals surface area (Å²) in [6.07, 6.45) is 13.2. The van der Waals surface area contributed by atoms with E-state index in [9.17, 15) is 9.50 Å². The first-order valence-electron chi connectivity index (χ1n) is 14.6. The van der Waals surface area contributed by atoms with Gasteiger partial charge in [0.2, 0.25) is 0 Å². The second-order valence-corrected chi connectivity index (χ2v) is 12.1. The van der Waals surface area contributed by atoms with Crippen LogP contribution < -0.4 is 9.64 Å². The van der Waals surface area contributed by atoms with Gasteiger partial charge < -0.3 is 14.7 Å². The lowest BCUT2D eigenvalue weighted by Crippen LogP contribution is -2.43. The summed E-state index contributed by atoms with van der Waals surface area (Å²) in [6.45, 7) is 4.14. The summed E-state index contributed by atoms with van der Waals surface area (Å²) < 4.78 is 37.9. The van der Waals surface area contributed by atoms with Crippen molar-refractivity contribution in [2.75, 3.05) is 37.7 Å². The highest BCUT2D eigenvalue weighted by molar-refractivity contribution is 6.35. The van der Waals surface area contributed by atoms with Crippen LogP contribution in [0.2, 0.25) is 5.02 Å². The number of hydrogen-bond donors (Lipinski definition) is 1. The molecule has 4 aromatic rings. The predicted molar refractivity (Wildman–Crippen MR) is 161 cm³/mol. The van der Waals surface area contributed by atoms with Crippen LogP contribution in [-0.2, 0) is 0 Å². The largest absolute Gasteiger partial charge is 0.508 e. The highest BCUT2D eigenvalue weighted by atomic mass is 35.5. The number of phenolic OH excluding ortho intramolecular Hbond substituents is 1. The van der Waals surface area contributed by atoms with Gasteiger partial charge in [0.1, 0.15) is 29.5 Å². The minimum atomic E-state index is -0.705. The number of ether oxygens (including phenoxy) is 1. The number of aromatic hydroxyl groups is 1. The van der Waals surface area contributed by atoms with Crippen LogP contribution in [-0.4, -0.2) is 58.3 Å². The summed E-state index contributed by atoms with van der Waals surface area (Å²) in [5.41, 5.74) is 0.174. The Bertz CT molecular complexity index is 1760. The van der Waals surface area contributed by atoms with Gasteiger partial charge in [0, 0.05) is 29.4 Å². The molecule has 3 aliphatic heterocycles. The van der Waals surface area contributed by atoms with Gasteiger partial charge in [-0.15, -0.1) is 6.42 Å². The van der Waals surface area contributed by atoms with Crippen LogP contribution >= 0.6 is 11.6 Å². The summed E-state index contributed by atoms with van der Waals surface area (Å²) >= 11 is 6.81. The van der Waals surface area contributed by atoms with E-state index in [1.165, 1.54) is 24.3 Å². The normalized spacial score (nSPS) is 18.5. The van der Waals surface area contributed by atoms with Crippen molar-refractivity contribution >= 4 is 39.1 Å². The molecule has 4 heterocycles. The van der Waals surface area contributed by atoms with Crippen LogP contribution in [0, 0.1) is 24.0 Å². The van der Waals surface area contributed by atoms with Crippen molar-refractivity contribution in [3.63, 3.8) is 0 Å². The molecule has 3 aromatic carbocycles. The van der Waals surface area contributed by atoms with Crippen molar-refractivity contribution in [3.05, 3.63) is 52.6 Å². The molecule has 0 bridgehead atoms. The van der Waals surface area contributed by atoms with Gasteiger partial charge in [0.25, 0.3) is 0 Å². The van der Waals surface area contributed by atoms with E-state index >= 15 is 4.39 Å². The highest BCUT2D eigenvalue weighted by Gasteiger charge is 2.45. The third kappa shape index (κ3) is 4.42. The Morgan fingerprint density at radius 3 is 2.50 bits per heavy atom. The Hall–Kier alpha value is -3.67. The number of halogens is 3. The van der Waals surface area contributed by atoms with Crippen LogP contribution in [0.1, 0.15) is 50.5 Å². The van der Waals surface area contributed by atoms with Crippen LogP contribution in [0.4, 0.5) is 14.6 Å². The Kier molecular flexibility index (Phi) is 6.83. The van der Waals surface area contributed by atoms with Gasteiger partial charge in [-0.1, -0.05) is 23.6 Å². The fourth-order valence-electron chi connectivity index (χ4n) is 7.24. The van der Waals surface area contributed by atoms with Crippen LogP contribution in [0.15, 0.2) is 30.3 Å². The molecular weight excluding hydrogens is 558 g/mol. The second-order valence-electron chi connectivity index (χ2n) is 11.7. The topological polar surface area (TPSA) is 61.7 Å². The van der Waals surface area contributed by atoms with Crippen LogP contribution in [0.25, 0.3) is 32.8 Å². The van der Waals surface area contributed by atoms with Crippen molar-refractivity contribution in [2.24, 2.45) is 0 Å². The molecule has 0 spiro atoms. The lowest BCUT2D eigenvalue weighted by molar-refractivity contribution is 0.108. The number of terminal acetylenes is 1. The molecule has 0 amide bonds. The van der Waals surface area contributed by atoms with E-state index in [-0.39, 0.29) is 44.5 Å². The summed E-state index contributed by atoms with van der Waals surface area (Å²) in [5.74, 6) is 1.53. The third-order valence-corrected chi connectivity index (χ3v) is 9.54. The van der Waals surface area contributed by atoms with Crippen molar-refractivity contribution in [3.8, 4) is 35.2 Å². The molecule has 3 saturated heterocycles. The van der Waals surface area contributed by atoms with E-state index in [1.54, 1.807) is 6.07 Å². The number of anilines is 1. The molecule has 216 valence electrons. The maximum absolute atomic E-state index is 16.8. The molecule has 9 heteroatoms. The van der Waals surface area contributed by atoms with E-state index < -0.39 is 11.6 Å². The lowest BCUT2D eigenvalue weighted by atomic mass is 9.93. The maximum Gasteiger partial charge on any atom is 0.319 e. The van der Waals surface area contributed by atoms with Crippen molar-refractivity contribution in [2.45, 2.75) is 50.5 Å². The SMILES string of the molecule is C#Cc1c(F)ccc2cc(O)cc(-c3c(Cl)cc4c(N5CCCCC5)nc(OCC56CCCN5CCC6)nc4c3F)c12. The van der Waals surface area contributed by atoms with Gasteiger partial charge in [-0.3, -0.25) is 4.90 Å². The van der Waals surface area contributed by atoms with Gasteiger partial charge in [0.05, 0.1) is 16.1 Å². The van der Waals surface area contributed by atoms with E-state index in [0.717, 1.165) is 71.1 Å². The van der Waals surface area contributed by atoms with Gasteiger partial charge >= 0.3 is 6.01 Å². The van der Waals surface area contributed by atoms with E-state index in [0.29, 0.717) is 28.6 Å². The first-order valence-corrected chi connectivity index (χ1v) is 15.0. The minimum absolute atomic E-state index is 0.0160. The Labute approximate surface area is 248 Å². The third-order valence-electron chi connectivity index (χ3n) is 9.24. The first kappa shape index (κ1) is 27.2. The van der Waals surface area contributed by atoms with Gasteiger partial charge in [-0.25, -0.2) is 8.78 Å². The second kappa shape index (κ2) is 10.6. The molecular formula is C33H31ClF2N4O2. The quantitative estimate of drug-likeness (QED) is 0.252. The zero-order valence-electron chi connectivity index (χ0n) is 23.2. The molecule has 42 heavy (non-hydrogen) atoms. The summed E-state index contributed by atoms with van der Waals surface area (Å²) in [7, 11) is 0. The maximum atomic E-state index is 16.8. The molecule has 0 unspecified atom stereocenters. The molecule has 3 fully saturated rings. The number of phenols is 1. The molecule has 6 nitrogen and oxygen atoms in total. The smallest absolute Gasteiger partial charge is 0.319 e. The van der Waals surface area contributed by atoms with E-state index in [2.05, 4.69) is 20.7 Å². The minimum Gasteiger partial charge on any atom is -0.508 e. The average Bonchev–Trinajstić information content (AvgIpc) is 3.57. The van der Waals surface area contributed by atoms with Crippen molar-refractivity contribution in [1.82, 2.24) is 14.9 Å². The number of aromatic nitrogens is 2. The number of hydrogen-bond acceptors (Lipinski definition) is 6. The molecule has 1 aromatic heterocycles. The number of piperidine rings is 1. The number of benzene rings is 3. The summed E-state index contributed by atoms with van der Waals surface area (Å²) in [5, 5.41) is 11.9. The predicted octanol–water partition coefficient (Wildman–Crippen LogP) is 7.07.